The number of thiocyanates is 1. The Hall–Kier alpha value is -0.160. The van der Waals surface area contributed by atoms with Gasteiger partial charge in [0.1, 0.15) is 5.40 Å². The maximum atomic E-state index is 7.18. The summed E-state index contributed by atoms with van der Waals surface area (Å²) in [5.41, 5.74) is 0. The highest BCUT2D eigenvalue weighted by molar-refractivity contribution is 7.85. The summed E-state index contributed by atoms with van der Waals surface area (Å²) in [6.45, 7) is 0. The summed E-state index contributed by atoms with van der Waals surface area (Å²) in [6.07, 6.45) is 9.00. The zero-order valence-electron chi connectivity index (χ0n) is 5.64. The first-order valence-corrected chi connectivity index (χ1v) is 3.89. The van der Waals surface area contributed by atoms with Crippen molar-refractivity contribution in [3.63, 3.8) is 0 Å². The minimum atomic E-state index is 1.44. The molecule has 0 aliphatic heterocycles. The van der Waals surface area contributed by atoms with Gasteiger partial charge in [0.2, 0.25) is 0 Å². The van der Waals surface area contributed by atoms with Gasteiger partial charge in [-0.1, -0.05) is 51.2 Å². The van der Waals surface area contributed by atoms with Crippen LogP contribution in [0.15, 0.2) is 0 Å². The van der Waals surface area contributed by atoms with Gasteiger partial charge in [0.05, 0.1) is 0 Å². The fourth-order valence-corrected chi connectivity index (χ4v) is 1.06. The van der Waals surface area contributed by atoms with Crippen LogP contribution >= 0.6 is 12.6 Å². The monoisotopic (exact) mass is 143 g/mol. The predicted octanol–water partition coefficient (Wildman–Crippen LogP) is 2.74. The minimum absolute atomic E-state index is 1.44. The van der Waals surface area contributed by atoms with Gasteiger partial charge in [-0.2, -0.15) is 5.26 Å². The maximum Gasteiger partial charge on any atom is 0.130 e. The molecule has 0 heterocycles. The molecule has 0 amide bonds. The van der Waals surface area contributed by atoms with Gasteiger partial charge in [-0.3, -0.25) is 0 Å². The van der Waals surface area contributed by atoms with Crippen molar-refractivity contribution in [3.05, 3.63) is 0 Å². The molecule has 1 rings (SSSR count). The van der Waals surface area contributed by atoms with E-state index in [-0.39, 0.29) is 0 Å². The Labute approximate surface area is 62.5 Å². The maximum absolute atomic E-state index is 7.18. The van der Waals surface area contributed by atoms with Crippen molar-refractivity contribution in [2.45, 2.75) is 38.5 Å². The molecule has 0 N–H and O–H groups in total. The van der Waals surface area contributed by atoms with E-state index in [1.165, 1.54) is 43.9 Å². The van der Waals surface area contributed by atoms with E-state index in [4.69, 9.17) is 5.26 Å². The lowest BCUT2D eigenvalue weighted by molar-refractivity contribution is 0.504. The molecule has 0 aromatic carbocycles. The molecule has 0 radical (unpaired) electrons. The Bertz CT molecular complexity index is 69.9. The van der Waals surface area contributed by atoms with Crippen molar-refractivity contribution in [1.29, 1.82) is 5.26 Å². The average Bonchev–Trinajstić information content (AvgIpc) is 1.93. The summed E-state index contributed by atoms with van der Waals surface area (Å²) < 4.78 is 0. The van der Waals surface area contributed by atoms with E-state index < -0.39 is 0 Å². The summed E-state index contributed by atoms with van der Waals surface area (Å²) >= 11 is 3.09. The van der Waals surface area contributed by atoms with Crippen molar-refractivity contribution in [3.8, 4) is 5.40 Å². The first kappa shape index (κ1) is 8.84. The van der Waals surface area contributed by atoms with Crippen molar-refractivity contribution >= 4 is 12.6 Å². The molecule has 9 heavy (non-hydrogen) atoms. The van der Waals surface area contributed by atoms with Crippen LogP contribution in [-0.4, -0.2) is 0 Å². The number of thiol groups is 1. The van der Waals surface area contributed by atoms with Crippen molar-refractivity contribution in [2.75, 3.05) is 0 Å². The standard InChI is InChI=1S/C6H12.CHNS/c1-2-4-6-5-3-1;2-1-3/h1-6H2;3H. The lowest BCUT2D eigenvalue weighted by atomic mass is 10.0. The first-order valence-electron chi connectivity index (χ1n) is 3.45. The van der Waals surface area contributed by atoms with Gasteiger partial charge in [0, 0.05) is 0 Å². The SMILES string of the molecule is C1CCCCC1.N#CS. The zero-order chi connectivity index (χ0) is 6.95. The van der Waals surface area contributed by atoms with Crippen LogP contribution in [0.25, 0.3) is 0 Å². The summed E-state index contributed by atoms with van der Waals surface area (Å²) in [5, 5.41) is 8.63. The van der Waals surface area contributed by atoms with Gasteiger partial charge < -0.3 is 0 Å². The highest BCUT2D eigenvalue weighted by Gasteiger charge is 1.95. The molecule has 2 heteroatoms. The van der Waals surface area contributed by atoms with Gasteiger partial charge in [0.25, 0.3) is 0 Å². The van der Waals surface area contributed by atoms with Crippen LogP contribution in [0.2, 0.25) is 0 Å². The fourth-order valence-electron chi connectivity index (χ4n) is 1.06. The first-order chi connectivity index (χ1) is 4.41. The second-order valence-electron chi connectivity index (χ2n) is 2.22. The summed E-state index contributed by atoms with van der Waals surface area (Å²) in [4.78, 5) is 0. The highest BCUT2D eigenvalue weighted by Crippen LogP contribution is 2.15. The molecule has 0 aromatic heterocycles. The lowest BCUT2D eigenvalue weighted by Crippen LogP contribution is -1.85. The molecule has 0 atom stereocenters. The topological polar surface area (TPSA) is 23.8 Å². The van der Waals surface area contributed by atoms with Crippen LogP contribution in [0.3, 0.4) is 0 Å². The van der Waals surface area contributed by atoms with Gasteiger partial charge in [-0.25, -0.2) is 0 Å². The van der Waals surface area contributed by atoms with Crippen molar-refractivity contribution in [1.82, 2.24) is 0 Å². The summed E-state index contributed by atoms with van der Waals surface area (Å²) in [5.74, 6) is 0. The molecule has 0 spiro atoms. The normalized spacial score (nSPS) is 16.9. The van der Waals surface area contributed by atoms with E-state index >= 15 is 0 Å². The number of hydrogen-bond acceptors (Lipinski definition) is 2. The molecule has 52 valence electrons. The van der Waals surface area contributed by atoms with E-state index in [1.54, 1.807) is 0 Å². The number of nitriles is 1. The van der Waals surface area contributed by atoms with Gasteiger partial charge >= 0.3 is 0 Å². The van der Waals surface area contributed by atoms with Crippen molar-refractivity contribution < 1.29 is 0 Å². The quantitative estimate of drug-likeness (QED) is 0.409. The van der Waals surface area contributed by atoms with Gasteiger partial charge in [0.15, 0.2) is 0 Å². The molecule has 1 aliphatic carbocycles. The third-order valence-electron chi connectivity index (χ3n) is 1.50. The molecule has 1 aliphatic rings. The molecule has 0 bridgehead atoms. The van der Waals surface area contributed by atoms with Crippen LogP contribution in [0.4, 0.5) is 0 Å². The van der Waals surface area contributed by atoms with Crippen LogP contribution in [0.5, 0.6) is 0 Å². The summed E-state index contributed by atoms with van der Waals surface area (Å²) in [7, 11) is 0. The molecule has 1 nitrogen and oxygen atoms in total. The molecule has 0 saturated heterocycles. The molecular formula is C7H13NS. The third-order valence-corrected chi connectivity index (χ3v) is 1.50. The Morgan fingerprint density at radius 2 is 1.00 bits per heavy atom. The predicted molar refractivity (Wildman–Crippen MR) is 42.3 cm³/mol. The van der Waals surface area contributed by atoms with E-state index in [1.807, 2.05) is 0 Å². The Kier molecular flexibility index (Phi) is 7.70. The van der Waals surface area contributed by atoms with E-state index in [9.17, 15) is 0 Å². The van der Waals surface area contributed by atoms with Crippen LogP contribution < -0.4 is 0 Å². The number of hydrogen-bond donors (Lipinski definition) is 1. The fraction of sp³-hybridized carbons (Fsp3) is 0.857. The molecule has 0 aromatic rings. The second kappa shape index (κ2) is 7.84. The summed E-state index contributed by atoms with van der Waals surface area (Å²) in [6, 6.07) is 0. The number of nitrogens with zero attached hydrogens (tertiary/aromatic N) is 1. The van der Waals surface area contributed by atoms with Crippen molar-refractivity contribution in [2.24, 2.45) is 0 Å². The molecule has 1 saturated carbocycles. The van der Waals surface area contributed by atoms with Gasteiger partial charge in [-0.05, 0) is 0 Å². The average molecular weight is 143 g/mol. The van der Waals surface area contributed by atoms with E-state index in [0.29, 0.717) is 0 Å². The second-order valence-corrected chi connectivity index (χ2v) is 2.42. The van der Waals surface area contributed by atoms with E-state index in [0.717, 1.165) is 0 Å². The zero-order valence-corrected chi connectivity index (χ0v) is 6.53. The smallest absolute Gasteiger partial charge is 0.130 e. The molecule has 0 unspecified atom stereocenters. The van der Waals surface area contributed by atoms with Crippen LogP contribution in [0, 0.1) is 10.7 Å². The van der Waals surface area contributed by atoms with Gasteiger partial charge in [-0.15, -0.1) is 0 Å². The Balaban J connectivity index is 0.000000187. The third kappa shape index (κ3) is 7.84. The molecule has 1 fully saturated rings. The Morgan fingerprint density at radius 3 is 1.11 bits per heavy atom. The molecular weight excluding hydrogens is 130 g/mol. The van der Waals surface area contributed by atoms with Crippen LogP contribution in [0.1, 0.15) is 38.5 Å². The largest absolute Gasteiger partial charge is 0.185 e. The highest BCUT2D eigenvalue weighted by atomic mass is 32.1. The van der Waals surface area contributed by atoms with Crippen LogP contribution in [-0.2, 0) is 0 Å². The Morgan fingerprint density at radius 1 is 0.889 bits per heavy atom. The number of rotatable bonds is 0. The lowest BCUT2D eigenvalue weighted by Gasteiger charge is -2.05. The minimum Gasteiger partial charge on any atom is -0.185 e. The van der Waals surface area contributed by atoms with E-state index in [2.05, 4.69) is 12.6 Å².